The maximum Gasteiger partial charge on any atom is 0.250 e. The van der Waals surface area contributed by atoms with Gasteiger partial charge in [0.05, 0.1) is 23.6 Å². The molecule has 3 rings (SSSR count). The van der Waals surface area contributed by atoms with E-state index in [4.69, 9.17) is 0 Å². The Kier molecular flexibility index (Phi) is 2.87. The van der Waals surface area contributed by atoms with E-state index in [1.165, 1.54) is 0 Å². The van der Waals surface area contributed by atoms with E-state index >= 15 is 0 Å². The van der Waals surface area contributed by atoms with Crippen LogP contribution in [0.2, 0.25) is 0 Å². The van der Waals surface area contributed by atoms with Crippen molar-refractivity contribution in [3.05, 3.63) is 51.6 Å². The highest BCUT2D eigenvalue weighted by Gasteiger charge is 2.09. The van der Waals surface area contributed by atoms with Gasteiger partial charge in [-0.15, -0.1) is 11.3 Å². The highest BCUT2D eigenvalue weighted by molar-refractivity contribution is 7.15. The summed E-state index contributed by atoms with van der Waals surface area (Å²) in [6, 6.07) is 3.36. The Labute approximate surface area is 114 Å². The fraction of sp³-hybridized carbons (Fsp3) is 0.231. The van der Waals surface area contributed by atoms with Crippen LogP contribution in [0.25, 0.3) is 4.96 Å². The van der Waals surface area contributed by atoms with Gasteiger partial charge in [-0.1, -0.05) is 0 Å². The first-order chi connectivity index (χ1) is 9.15. The number of nitrogens with one attached hydrogen (secondary N) is 1. The second-order valence-corrected chi connectivity index (χ2v) is 5.29. The first kappa shape index (κ1) is 12.0. The van der Waals surface area contributed by atoms with Crippen LogP contribution in [-0.4, -0.2) is 14.0 Å². The lowest BCUT2D eigenvalue weighted by molar-refractivity contribution is 0.857. The minimum absolute atomic E-state index is 0.00805. The number of rotatable bonds is 3. The maximum atomic E-state index is 11.3. The number of thiazole rings is 1. The van der Waals surface area contributed by atoms with Crippen molar-refractivity contribution in [2.75, 3.05) is 5.32 Å². The molecule has 0 unspecified atom stereocenters. The second-order valence-electron chi connectivity index (χ2n) is 4.42. The first-order valence-corrected chi connectivity index (χ1v) is 6.85. The molecule has 0 aliphatic rings. The lowest BCUT2D eigenvalue weighted by atomic mass is 10.3. The van der Waals surface area contributed by atoms with Gasteiger partial charge < -0.3 is 9.88 Å². The lowest BCUT2D eigenvalue weighted by Crippen LogP contribution is -2.15. The smallest absolute Gasteiger partial charge is 0.250 e. The number of fused-ring (bicyclic) bond motifs is 1. The summed E-state index contributed by atoms with van der Waals surface area (Å²) in [5.74, 6) is 0. The largest absolute Gasteiger partial charge is 0.378 e. The van der Waals surface area contributed by atoms with E-state index in [9.17, 15) is 4.79 Å². The van der Waals surface area contributed by atoms with Crippen LogP contribution in [0.3, 0.4) is 0 Å². The van der Waals surface area contributed by atoms with E-state index in [1.54, 1.807) is 41.3 Å². The molecule has 0 atom stereocenters. The summed E-state index contributed by atoms with van der Waals surface area (Å²) in [5, 5.41) is 5.35. The molecule has 6 heteroatoms. The summed E-state index contributed by atoms with van der Waals surface area (Å²) in [6.07, 6.45) is 3.82. The number of aromatic nitrogens is 3. The minimum Gasteiger partial charge on any atom is -0.378 e. The van der Waals surface area contributed by atoms with Crippen LogP contribution in [0.1, 0.15) is 11.4 Å². The van der Waals surface area contributed by atoms with Crippen molar-refractivity contribution in [3.8, 4) is 0 Å². The zero-order valence-electron chi connectivity index (χ0n) is 10.8. The number of nitrogens with zero attached hydrogens (tertiary/aromatic N) is 3. The van der Waals surface area contributed by atoms with Crippen LogP contribution in [0.4, 0.5) is 5.69 Å². The number of aryl methyl sites for hydroxylation is 2. The molecule has 3 aromatic rings. The van der Waals surface area contributed by atoms with E-state index in [0.717, 1.165) is 22.0 Å². The van der Waals surface area contributed by atoms with Crippen LogP contribution in [0.5, 0.6) is 0 Å². The molecule has 0 amide bonds. The van der Waals surface area contributed by atoms with Gasteiger partial charge in [0, 0.05) is 30.9 Å². The van der Waals surface area contributed by atoms with E-state index in [2.05, 4.69) is 14.7 Å². The predicted molar refractivity (Wildman–Crippen MR) is 76.8 cm³/mol. The fourth-order valence-electron chi connectivity index (χ4n) is 2.04. The standard InChI is InChI=1S/C13H14N4OS/c1-9-11(17-5-6-19-13(17)15-9)7-14-10-3-4-12(18)16(2)8-10/h3-6,8,14H,7H2,1-2H3. The summed E-state index contributed by atoms with van der Waals surface area (Å²) in [6.45, 7) is 2.69. The van der Waals surface area contributed by atoms with Gasteiger partial charge in [0.1, 0.15) is 0 Å². The van der Waals surface area contributed by atoms with Gasteiger partial charge in [-0.25, -0.2) is 4.98 Å². The average molecular weight is 274 g/mol. The van der Waals surface area contributed by atoms with Crippen LogP contribution < -0.4 is 10.9 Å². The van der Waals surface area contributed by atoms with Gasteiger partial charge in [0.15, 0.2) is 4.96 Å². The molecule has 0 aliphatic carbocycles. The zero-order chi connectivity index (χ0) is 13.4. The zero-order valence-corrected chi connectivity index (χ0v) is 11.6. The first-order valence-electron chi connectivity index (χ1n) is 5.97. The molecule has 0 saturated heterocycles. The Hall–Kier alpha value is -2.08. The number of anilines is 1. The molecule has 0 fully saturated rings. The van der Waals surface area contributed by atoms with Crippen molar-refractivity contribution >= 4 is 22.0 Å². The molecule has 98 valence electrons. The van der Waals surface area contributed by atoms with Crippen molar-refractivity contribution in [2.45, 2.75) is 13.5 Å². The molecule has 0 saturated carbocycles. The van der Waals surface area contributed by atoms with Crippen LogP contribution in [0, 0.1) is 6.92 Å². The molecule has 5 nitrogen and oxygen atoms in total. The summed E-state index contributed by atoms with van der Waals surface area (Å²) in [7, 11) is 1.74. The number of imidazole rings is 1. The Morgan fingerprint density at radius 1 is 1.42 bits per heavy atom. The van der Waals surface area contributed by atoms with Gasteiger partial charge in [0.25, 0.3) is 0 Å². The Bertz CT molecular complexity index is 783. The quantitative estimate of drug-likeness (QED) is 0.795. The third-order valence-electron chi connectivity index (χ3n) is 3.11. The van der Waals surface area contributed by atoms with Crippen LogP contribution in [-0.2, 0) is 13.6 Å². The van der Waals surface area contributed by atoms with Crippen molar-refractivity contribution in [2.24, 2.45) is 7.05 Å². The lowest BCUT2D eigenvalue weighted by Gasteiger charge is -2.07. The molecule has 1 N–H and O–H groups in total. The fourth-order valence-corrected chi connectivity index (χ4v) is 2.82. The van der Waals surface area contributed by atoms with Gasteiger partial charge in [-0.3, -0.25) is 9.20 Å². The molecule has 0 radical (unpaired) electrons. The maximum absolute atomic E-state index is 11.3. The van der Waals surface area contributed by atoms with Gasteiger partial charge >= 0.3 is 0 Å². The molecule has 0 bridgehead atoms. The summed E-state index contributed by atoms with van der Waals surface area (Å²) >= 11 is 1.63. The highest BCUT2D eigenvalue weighted by Crippen LogP contribution is 2.17. The summed E-state index contributed by atoms with van der Waals surface area (Å²) in [4.78, 5) is 16.8. The number of hydrogen-bond acceptors (Lipinski definition) is 4. The van der Waals surface area contributed by atoms with Crippen LogP contribution in [0.15, 0.2) is 34.7 Å². The Morgan fingerprint density at radius 3 is 3.05 bits per heavy atom. The SMILES string of the molecule is Cc1nc2sccn2c1CNc1ccc(=O)n(C)c1. The predicted octanol–water partition coefficient (Wildman–Crippen LogP) is 2.02. The van der Waals surface area contributed by atoms with Gasteiger partial charge in [-0.2, -0.15) is 0 Å². The Morgan fingerprint density at radius 2 is 2.26 bits per heavy atom. The van der Waals surface area contributed by atoms with E-state index in [-0.39, 0.29) is 5.56 Å². The monoisotopic (exact) mass is 274 g/mol. The second kappa shape index (κ2) is 4.55. The van der Waals surface area contributed by atoms with Gasteiger partial charge in [-0.05, 0) is 13.0 Å². The summed E-state index contributed by atoms with van der Waals surface area (Å²) in [5.41, 5.74) is 3.09. The van der Waals surface area contributed by atoms with Crippen molar-refractivity contribution < 1.29 is 0 Å². The van der Waals surface area contributed by atoms with Crippen molar-refractivity contribution in [1.82, 2.24) is 14.0 Å². The average Bonchev–Trinajstić information content (AvgIpc) is 2.92. The van der Waals surface area contributed by atoms with E-state index in [1.807, 2.05) is 18.5 Å². The molecule has 3 heterocycles. The van der Waals surface area contributed by atoms with E-state index < -0.39 is 0 Å². The van der Waals surface area contributed by atoms with Crippen LogP contribution >= 0.6 is 11.3 Å². The third-order valence-corrected chi connectivity index (χ3v) is 3.86. The molecular weight excluding hydrogens is 260 g/mol. The van der Waals surface area contributed by atoms with Crippen molar-refractivity contribution in [3.63, 3.8) is 0 Å². The molecule has 0 spiro atoms. The molecule has 0 aliphatic heterocycles. The van der Waals surface area contributed by atoms with Crippen molar-refractivity contribution in [1.29, 1.82) is 0 Å². The highest BCUT2D eigenvalue weighted by atomic mass is 32.1. The summed E-state index contributed by atoms with van der Waals surface area (Å²) < 4.78 is 3.65. The molecular formula is C13H14N4OS. The molecule has 3 aromatic heterocycles. The minimum atomic E-state index is -0.00805. The molecule has 19 heavy (non-hydrogen) atoms. The third kappa shape index (κ3) is 2.15. The number of pyridine rings is 1. The topological polar surface area (TPSA) is 51.3 Å². The van der Waals surface area contributed by atoms with E-state index in [0.29, 0.717) is 6.54 Å². The molecule has 0 aromatic carbocycles. The Balaban J connectivity index is 1.85. The van der Waals surface area contributed by atoms with Gasteiger partial charge in [0.2, 0.25) is 5.56 Å². The normalized spacial score (nSPS) is 11.1. The number of hydrogen-bond donors (Lipinski definition) is 1.